The number of nitrogens with one attached hydrogen (secondary N) is 2. The van der Waals surface area contributed by atoms with Crippen LogP contribution in [0.25, 0.3) is 0 Å². The summed E-state index contributed by atoms with van der Waals surface area (Å²) < 4.78 is 6.78. The first-order valence-corrected chi connectivity index (χ1v) is 24.3. The zero-order valence-corrected chi connectivity index (χ0v) is 37.7. The Morgan fingerprint density at radius 3 is 2.53 bits per heavy atom. The van der Waals surface area contributed by atoms with Crippen molar-refractivity contribution in [3.8, 4) is 11.8 Å². The first-order chi connectivity index (χ1) is 29.5. The van der Waals surface area contributed by atoms with Gasteiger partial charge in [-0.1, -0.05) is 39.2 Å². The van der Waals surface area contributed by atoms with E-state index in [0.29, 0.717) is 62.4 Å². The van der Waals surface area contributed by atoms with Crippen LogP contribution in [0.4, 0.5) is 0 Å². The molecule has 12 heteroatoms. The van der Waals surface area contributed by atoms with Crippen LogP contribution in [-0.4, -0.2) is 109 Å². The molecular weight excluding hydrogens is 787 g/mol. The zero-order valence-electron chi connectivity index (χ0n) is 37.7. The van der Waals surface area contributed by atoms with Gasteiger partial charge in [-0.25, -0.2) is 0 Å². The molecule has 0 aromatic heterocycles. The van der Waals surface area contributed by atoms with Gasteiger partial charge in [0.25, 0.3) is 0 Å². The molecule has 0 aromatic carbocycles. The van der Waals surface area contributed by atoms with Crippen molar-refractivity contribution >= 4 is 5.78 Å². The van der Waals surface area contributed by atoms with E-state index in [1.165, 1.54) is 12.8 Å². The average molecular weight is 864 g/mol. The number of nitrogens with two attached hydrogens (primary N) is 1. The van der Waals surface area contributed by atoms with E-state index in [2.05, 4.69) is 36.3 Å². The molecule has 17 unspecified atom stereocenters. The largest absolute Gasteiger partial charge is 0.396 e. The molecule has 2 heterocycles. The second-order valence-electron chi connectivity index (χ2n) is 21.5. The summed E-state index contributed by atoms with van der Waals surface area (Å²) in [7, 11) is 0. The molecule has 62 heavy (non-hydrogen) atoms. The summed E-state index contributed by atoms with van der Waals surface area (Å²) in [5.41, 5.74) is 2.60. The molecule has 2 spiro atoms. The van der Waals surface area contributed by atoms with Crippen molar-refractivity contribution in [2.75, 3.05) is 13.2 Å². The molecule has 0 aromatic rings. The first kappa shape index (κ1) is 46.2. The van der Waals surface area contributed by atoms with Crippen LogP contribution in [0.2, 0.25) is 0 Å². The highest BCUT2D eigenvalue weighted by atomic mass is 16.5. The van der Waals surface area contributed by atoms with Gasteiger partial charge in [0.15, 0.2) is 5.78 Å². The van der Waals surface area contributed by atoms with Crippen LogP contribution in [0.5, 0.6) is 0 Å². The minimum absolute atomic E-state index is 0.00855. The molecule has 12 nitrogen and oxygen atoms in total. The number of carbonyl (C=O) groups excluding carboxylic acids is 1. The number of Topliss-reactive ketones (excluding diaryl/α,β-unsaturated/α-hetero) is 1. The lowest BCUT2D eigenvalue weighted by Crippen LogP contribution is -2.69. The molecule has 4 saturated carbocycles. The maximum Gasteiger partial charge on any atom is 0.186 e. The number of rotatable bonds is 14. The molecule has 4 bridgehead atoms. The quantitative estimate of drug-likeness (QED) is 0.112. The van der Waals surface area contributed by atoms with Crippen LogP contribution >= 0.6 is 0 Å². The summed E-state index contributed by atoms with van der Waals surface area (Å²) in [5, 5.41) is 89.7. The summed E-state index contributed by atoms with van der Waals surface area (Å²) in [4.78, 5) is 15.8. The molecule has 0 amide bonds. The van der Waals surface area contributed by atoms with Crippen molar-refractivity contribution in [3.63, 3.8) is 0 Å². The number of dihydropyridines is 1. The lowest BCUT2D eigenvalue weighted by molar-refractivity contribution is -0.210. The van der Waals surface area contributed by atoms with E-state index in [0.717, 1.165) is 37.0 Å². The Labute approximate surface area is 369 Å². The predicted octanol–water partition coefficient (Wildman–Crippen LogP) is 3.99. The molecule has 9 rings (SSSR count). The van der Waals surface area contributed by atoms with Gasteiger partial charge in [-0.3, -0.25) is 4.79 Å². The van der Waals surface area contributed by atoms with Gasteiger partial charge in [0.05, 0.1) is 59.0 Å². The SMILES string of the molecule is CCCC1CCC2OC(C(O)C(C)(O)C3CCC4(O)C5=C(NCC(C)O)C(=O)C67CC#CCC34CCC5C6(CCC3=C(CCCO)NC(N)C=C3)CC(O)C(O)C7)C(C)C2CC1. The summed E-state index contributed by atoms with van der Waals surface area (Å²) in [6, 6.07) is 0. The fourth-order valence-corrected chi connectivity index (χ4v) is 15.2. The Kier molecular flexibility index (Phi) is 13.0. The molecule has 11 N–H and O–H groups in total. The van der Waals surface area contributed by atoms with E-state index in [1.807, 2.05) is 12.2 Å². The Bertz CT molecular complexity index is 1850. The summed E-state index contributed by atoms with van der Waals surface area (Å²) in [5.74, 6) is 6.67. The number of hydrogen-bond acceptors (Lipinski definition) is 12. The highest BCUT2D eigenvalue weighted by Crippen LogP contribution is 2.74. The lowest BCUT2D eigenvalue weighted by atomic mass is 9.37. The molecule has 346 valence electrons. The molecule has 0 radical (unpaired) electrons. The number of ketones is 1. The second kappa shape index (κ2) is 17.5. The van der Waals surface area contributed by atoms with E-state index in [4.69, 9.17) is 10.5 Å². The van der Waals surface area contributed by atoms with Crippen molar-refractivity contribution in [1.82, 2.24) is 10.6 Å². The Balaban J connectivity index is 1.21. The van der Waals surface area contributed by atoms with Gasteiger partial charge in [-0.05, 0) is 150 Å². The van der Waals surface area contributed by atoms with Gasteiger partial charge in [0, 0.05) is 37.1 Å². The van der Waals surface area contributed by atoms with Gasteiger partial charge in [0.1, 0.15) is 6.10 Å². The smallest absolute Gasteiger partial charge is 0.186 e. The minimum Gasteiger partial charge on any atom is -0.396 e. The van der Waals surface area contributed by atoms with Crippen LogP contribution < -0.4 is 16.4 Å². The third kappa shape index (κ3) is 7.27. The molecule has 7 aliphatic carbocycles. The van der Waals surface area contributed by atoms with Crippen LogP contribution in [0, 0.1) is 57.7 Å². The standard InChI is InChI=1S/C50H77N3O9/c1-5-9-31-11-14-33-30(3)43(62-38(33)15-12-31)45(59)46(4,60)39-19-24-50(61)41-34-18-23-47(39,50)20-6-7-21-49(44(58)42(41)52-28-29(2)55)27-37(57)36(56)26-48(34,49)22-17-32-13-16-40(51)53-35(32)10-8-25-54/h13,16,29-31,33-34,36-40,43,45,52-57,59-61H,5,8-12,14-15,17-28,51H2,1-4H3. The molecular formula is C50H77N3O9. The monoisotopic (exact) mass is 864 g/mol. The highest BCUT2D eigenvalue weighted by molar-refractivity contribution is 6.03. The van der Waals surface area contributed by atoms with Crippen molar-refractivity contribution < 1.29 is 45.3 Å². The Morgan fingerprint density at radius 2 is 1.79 bits per heavy atom. The maximum atomic E-state index is 15.8. The normalized spacial score (nSPS) is 44.4. The van der Waals surface area contributed by atoms with Crippen molar-refractivity contribution in [2.45, 2.75) is 197 Å². The fraction of sp³-hybridized carbons (Fsp3) is 0.820. The van der Waals surface area contributed by atoms with Crippen LogP contribution in [0.1, 0.15) is 143 Å². The van der Waals surface area contributed by atoms with Gasteiger partial charge in [0.2, 0.25) is 0 Å². The first-order valence-electron chi connectivity index (χ1n) is 24.3. The number of allylic oxidation sites excluding steroid dienone is 4. The molecule has 9 aliphatic rings. The summed E-state index contributed by atoms with van der Waals surface area (Å²) >= 11 is 0. The number of ether oxygens (including phenoxy) is 1. The highest BCUT2D eigenvalue weighted by Gasteiger charge is 2.75. The van der Waals surface area contributed by atoms with Gasteiger partial charge in [-0.2, -0.15) is 0 Å². The zero-order chi connectivity index (χ0) is 44.4. The van der Waals surface area contributed by atoms with Crippen molar-refractivity contribution in [2.24, 2.45) is 51.6 Å². The van der Waals surface area contributed by atoms with Gasteiger partial charge >= 0.3 is 0 Å². The fourth-order valence-electron chi connectivity index (χ4n) is 15.2. The number of aliphatic hydroxyl groups excluding tert-OH is 5. The van der Waals surface area contributed by atoms with Crippen LogP contribution in [0.3, 0.4) is 0 Å². The van der Waals surface area contributed by atoms with Crippen LogP contribution in [-0.2, 0) is 9.53 Å². The molecule has 5 fully saturated rings. The Hall–Kier alpha value is -2.31. The average Bonchev–Trinajstić information content (AvgIpc) is 3.64. The summed E-state index contributed by atoms with van der Waals surface area (Å²) in [6.45, 7) is 7.87. The van der Waals surface area contributed by atoms with E-state index in [-0.39, 0.29) is 74.9 Å². The number of fused-ring (bicyclic) bond motifs is 5. The minimum atomic E-state index is -1.67. The topological polar surface area (TPSA) is 218 Å². The number of carbonyl (C=O) groups is 1. The second-order valence-corrected chi connectivity index (χ2v) is 21.5. The van der Waals surface area contributed by atoms with E-state index in [9.17, 15) is 35.7 Å². The van der Waals surface area contributed by atoms with E-state index in [1.54, 1.807) is 13.8 Å². The van der Waals surface area contributed by atoms with E-state index < -0.39 is 69.8 Å². The van der Waals surface area contributed by atoms with Crippen LogP contribution in [0.15, 0.2) is 34.7 Å². The molecule has 17 atom stereocenters. The third-order valence-corrected chi connectivity index (χ3v) is 18.3. The number of hydrogen-bond donors (Lipinski definition) is 10. The number of aliphatic hydroxyl groups is 7. The lowest BCUT2D eigenvalue weighted by Gasteiger charge is -2.67. The maximum absolute atomic E-state index is 15.8. The summed E-state index contributed by atoms with van der Waals surface area (Å²) in [6.07, 6.45) is 9.69. The van der Waals surface area contributed by atoms with Gasteiger partial charge < -0.3 is 56.8 Å². The molecule has 1 saturated heterocycles. The van der Waals surface area contributed by atoms with Crippen molar-refractivity contribution in [1.29, 1.82) is 0 Å². The predicted molar refractivity (Wildman–Crippen MR) is 235 cm³/mol. The van der Waals surface area contributed by atoms with Gasteiger partial charge in [-0.15, -0.1) is 11.8 Å². The van der Waals surface area contributed by atoms with Crippen molar-refractivity contribution in [3.05, 3.63) is 34.7 Å². The third-order valence-electron chi connectivity index (χ3n) is 18.3. The van der Waals surface area contributed by atoms with E-state index >= 15 is 4.79 Å². The molecule has 2 aliphatic heterocycles. The Morgan fingerprint density at radius 1 is 1.05 bits per heavy atom.